The Morgan fingerprint density at radius 1 is 1.17 bits per heavy atom. The largest absolute Gasteiger partial charge is 0.347 e. The van der Waals surface area contributed by atoms with Crippen LogP contribution in [0.4, 0.5) is 5.95 Å². The van der Waals surface area contributed by atoms with Gasteiger partial charge in [-0.15, -0.1) is 5.10 Å². The molecular weight excluding hydrogens is 328 g/mol. The Morgan fingerprint density at radius 3 is 2.75 bits per heavy atom. The maximum absolute atomic E-state index is 12.9. The summed E-state index contributed by atoms with van der Waals surface area (Å²) in [4.78, 5) is 8.34. The number of hydrogen-bond acceptors (Lipinski definition) is 5. The van der Waals surface area contributed by atoms with Gasteiger partial charge in [0.05, 0.1) is 0 Å². The molecule has 24 heavy (non-hydrogen) atoms. The van der Waals surface area contributed by atoms with E-state index < -0.39 is 10.0 Å². The number of anilines is 1. The number of benzene rings is 1. The van der Waals surface area contributed by atoms with Crippen LogP contribution in [0.3, 0.4) is 0 Å². The number of hydrogen-bond donors (Lipinski definition) is 1. The van der Waals surface area contributed by atoms with E-state index in [0.717, 1.165) is 5.52 Å². The van der Waals surface area contributed by atoms with Crippen molar-refractivity contribution < 1.29 is 8.42 Å². The Labute approximate surface area is 137 Å². The van der Waals surface area contributed by atoms with Crippen molar-refractivity contribution in [3.05, 3.63) is 48.4 Å². The molecule has 9 heteroatoms. The maximum atomic E-state index is 12.9. The van der Waals surface area contributed by atoms with Crippen molar-refractivity contribution in [1.29, 1.82) is 0 Å². The van der Waals surface area contributed by atoms with E-state index in [9.17, 15) is 8.42 Å². The van der Waals surface area contributed by atoms with Crippen molar-refractivity contribution in [2.45, 2.75) is 11.8 Å². The van der Waals surface area contributed by atoms with E-state index in [1.807, 2.05) is 29.8 Å². The van der Waals surface area contributed by atoms with E-state index in [0.29, 0.717) is 16.9 Å². The Hall–Kier alpha value is -2.94. The van der Waals surface area contributed by atoms with Crippen molar-refractivity contribution in [2.75, 3.05) is 4.72 Å². The van der Waals surface area contributed by atoms with Crippen LogP contribution in [0, 0.1) is 6.92 Å². The molecular formula is C15H14N6O2S. The molecule has 4 aromatic rings. The Kier molecular flexibility index (Phi) is 3.07. The third-order valence-electron chi connectivity index (χ3n) is 3.95. The molecule has 3 heterocycles. The fourth-order valence-electron chi connectivity index (χ4n) is 2.77. The maximum Gasteiger partial charge on any atom is 0.266 e. The minimum absolute atomic E-state index is 0.0129. The van der Waals surface area contributed by atoms with Crippen LogP contribution < -0.4 is 4.72 Å². The van der Waals surface area contributed by atoms with Crippen LogP contribution >= 0.6 is 0 Å². The van der Waals surface area contributed by atoms with Crippen molar-refractivity contribution in [2.24, 2.45) is 7.05 Å². The van der Waals surface area contributed by atoms with Crippen LogP contribution in [0.5, 0.6) is 0 Å². The zero-order valence-electron chi connectivity index (χ0n) is 13.0. The molecule has 8 nitrogen and oxygen atoms in total. The third-order valence-corrected chi connectivity index (χ3v) is 5.46. The fraction of sp³-hybridized carbons (Fsp3) is 0.133. The molecule has 122 valence electrons. The van der Waals surface area contributed by atoms with Crippen LogP contribution in [0.1, 0.15) is 5.69 Å². The summed E-state index contributed by atoms with van der Waals surface area (Å²) in [7, 11) is -2.00. The highest BCUT2D eigenvalue weighted by Crippen LogP contribution is 2.29. The zero-order chi connectivity index (χ0) is 16.9. The van der Waals surface area contributed by atoms with Gasteiger partial charge in [-0.05, 0) is 19.1 Å². The monoisotopic (exact) mass is 342 g/mol. The minimum atomic E-state index is -3.83. The molecule has 3 aromatic heterocycles. The number of nitrogens with one attached hydrogen (secondary N) is 1. The normalized spacial score (nSPS) is 12.1. The molecule has 0 unspecified atom stereocenters. The molecule has 1 aromatic carbocycles. The van der Waals surface area contributed by atoms with E-state index in [2.05, 4.69) is 19.8 Å². The number of rotatable bonds is 3. The predicted molar refractivity (Wildman–Crippen MR) is 89.2 cm³/mol. The second-order valence-corrected chi connectivity index (χ2v) is 7.02. The van der Waals surface area contributed by atoms with Gasteiger partial charge in [-0.3, -0.25) is 0 Å². The summed E-state index contributed by atoms with van der Waals surface area (Å²) in [5, 5.41) is 4.75. The van der Waals surface area contributed by atoms with Gasteiger partial charge in [0.15, 0.2) is 0 Å². The van der Waals surface area contributed by atoms with E-state index >= 15 is 0 Å². The summed E-state index contributed by atoms with van der Waals surface area (Å²) < 4.78 is 31.5. The first-order valence-corrected chi connectivity index (χ1v) is 8.70. The highest BCUT2D eigenvalue weighted by atomic mass is 32.2. The molecule has 0 fully saturated rings. The van der Waals surface area contributed by atoms with Gasteiger partial charge in [0.2, 0.25) is 0 Å². The van der Waals surface area contributed by atoms with Crippen LogP contribution in [0.25, 0.3) is 16.7 Å². The SMILES string of the molecule is Cc1c(S(=O)(=O)Nc2nc3ncccn3n2)c2ccccc2n1C. The van der Waals surface area contributed by atoms with Crippen molar-refractivity contribution in [3.63, 3.8) is 0 Å². The van der Waals surface area contributed by atoms with Crippen LogP contribution in [0.2, 0.25) is 0 Å². The molecule has 0 atom stereocenters. The molecule has 0 aliphatic heterocycles. The molecule has 0 spiro atoms. The average molecular weight is 342 g/mol. The first kappa shape index (κ1) is 14.6. The Bertz CT molecular complexity index is 1140. The summed E-state index contributed by atoms with van der Waals surface area (Å²) in [6.45, 7) is 1.77. The molecule has 0 saturated carbocycles. The topological polar surface area (TPSA) is 94.2 Å². The van der Waals surface area contributed by atoms with Crippen LogP contribution in [-0.2, 0) is 17.1 Å². The van der Waals surface area contributed by atoms with Gasteiger partial charge in [0.25, 0.3) is 21.7 Å². The summed E-state index contributed by atoms with van der Waals surface area (Å²) in [6, 6.07) is 9.05. The highest BCUT2D eigenvalue weighted by molar-refractivity contribution is 7.93. The number of para-hydroxylation sites is 1. The molecule has 0 bridgehead atoms. The molecule has 0 radical (unpaired) electrons. The standard InChI is InChI=1S/C15H14N6O2S/c1-10-13(11-6-3-4-7-12(11)20(10)2)24(22,23)19-14-17-15-16-8-5-9-21(15)18-14/h3-9H,1-2H3,(H,18,19). The minimum Gasteiger partial charge on any atom is -0.347 e. The van der Waals surface area contributed by atoms with Gasteiger partial charge in [0.1, 0.15) is 4.90 Å². The first-order chi connectivity index (χ1) is 11.5. The van der Waals surface area contributed by atoms with Gasteiger partial charge >= 0.3 is 0 Å². The second-order valence-electron chi connectivity index (χ2n) is 5.40. The molecule has 0 aliphatic rings. The van der Waals surface area contributed by atoms with Crippen molar-refractivity contribution in [1.82, 2.24) is 24.1 Å². The number of aryl methyl sites for hydroxylation is 1. The van der Waals surface area contributed by atoms with Gasteiger partial charge < -0.3 is 4.57 Å². The number of aromatic nitrogens is 5. The number of nitrogens with zero attached hydrogens (tertiary/aromatic N) is 5. The Balaban J connectivity index is 1.85. The lowest BCUT2D eigenvalue weighted by atomic mass is 10.2. The van der Waals surface area contributed by atoms with Crippen molar-refractivity contribution >= 4 is 32.7 Å². The van der Waals surface area contributed by atoms with E-state index in [1.54, 1.807) is 31.5 Å². The van der Waals surface area contributed by atoms with Crippen LogP contribution in [0.15, 0.2) is 47.6 Å². The Morgan fingerprint density at radius 2 is 1.96 bits per heavy atom. The molecule has 4 rings (SSSR count). The fourth-order valence-corrected chi connectivity index (χ4v) is 4.19. The quantitative estimate of drug-likeness (QED) is 0.612. The van der Waals surface area contributed by atoms with E-state index in [1.165, 1.54) is 4.52 Å². The van der Waals surface area contributed by atoms with Gasteiger partial charge in [-0.2, -0.15) is 4.98 Å². The third kappa shape index (κ3) is 2.13. The van der Waals surface area contributed by atoms with E-state index in [-0.39, 0.29) is 10.8 Å². The second kappa shape index (κ2) is 5.03. The summed E-state index contributed by atoms with van der Waals surface area (Å²) in [5.74, 6) is 0.311. The number of sulfonamides is 1. The highest BCUT2D eigenvalue weighted by Gasteiger charge is 2.25. The molecule has 0 aliphatic carbocycles. The van der Waals surface area contributed by atoms with Gasteiger partial charge in [-0.1, -0.05) is 18.2 Å². The number of fused-ring (bicyclic) bond motifs is 2. The summed E-state index contributed by atoms with van der Waals surface area (Å²) in [5.41, 5.74) is 1.49. The smallest absolute Gasteiger partial charge is 0.266 e. The van der Waals surface area contributed by atoms with Gasteiger partial charge in [-0.25, -0.2) is 22.6 Å². The predicted octanol–water partition coefficient (Wildman–Crippen LogP) is 1.73. The zero-order valence-corrected chi connectivity index (χ0v) is 13.8. The lowest BCUT2D eigenvalue weighted by molar-refractivity contribution is 0.600. The van der Waals surface area contributed by atoms with Crippen LogP contribution in [-0.4, -0.2) is 32.6 Å². The summed E-state index contributed by atoms with van der Waals surface area (Å²) >= 11 is 0. The molecule has 1 N–H and O–H groups in total. The van der Waals surface area contributed by atoms with Gasteiger partial charge in [0, 0.05) is 36.0 Å². The molecule has 0 amide bonds. The lowest BCUT2D eigenvalue weighted by Crippen LogP contribution is -2.15. The van der Waals surface area contributed by atoms with Crippen molar-refractivity contribution in [3.8, 4) is 0 Å². The first-order valence-electron chi connectivity index (χ1n) is 7.21. The summed E-state index contributed by atoms with van der Waals surface area (Å²) in [6.07, 6.45) is 3.22. The lowest BCUT2D eigenvalue weighted by Gasteiger charge is -2.05. The van der Waals surface area contributed by atoms with E-state index in [4.69, 9.17) is 0 Å². The molecule has 0 saturated heterocycles. The average Bonchev–Trinajstić information content (AvgIpc) is 3.06.